The third kappa shape index (κ3) is 4.29. The summed E-state index contributed by atoms with van der Waals surface area (Å²) in [5.74, 6) is 0.996. The fraction of sp³-hybridized carbons (Fsp3) is 0.312. The highest BCUT2D eigenvalue weighted by molar-refractivity contribution is 7.98. The molecule has 21 heavy (non-hydrogen) atoms. The first-order valence-corrected chi connectivity index (χ1v) is 8.24. The lowest BCUT2D eigenvalue weighted by atomic mass is 10.2. The number of hydrogen-bond acceptors (Lipinski definition) is 4. The van der Waals surface area contributed by atoms with Crippen molar-refractivity contribution in [1.82, 2.24) is 9.97 Å². The van der Waals surface area contributed by atoms with Gasteiger partial charge in [-0.1, -0.05) is 0 Å². The molecule has 0 radical (unpaired) electrons. The Balaban J connectivity index is 2.24. The number of amides is 1. The largest absolute Gasteiger partial charge is 0.307 e. The number of nitrogens with zero attached hydrogens (tertiary/aromatic N) is 3. The highest BCUT2D eigenvalue weighted by Crippen LogP contribution is 2.17. The van der Waals surface area contributed by atoms with Crippen LogP contribution in [0.5, 0.6) is 0 Å². The first-order valence-electron chi connectivity index (χ1n) is 6.85. The van der Waals surface area contributed by atoms with Gasteiger partial charge in [-0.2, -0.15) is 11.8 Å². The van der Waals surface area contributed by atoms with Gasteiger partial charge in [0.2, 0.25) is 0 Å². The average Bonchev–Trinajstić information content (AvgIpc) is 2.52. The molecule has 0 N–H and O–H groups in total. The van der Waals surface area contributed by atoms with E-state index in [1.807, 2.05) is 25.1 Å². The zero-order valence-electron chi connectivity index (χ0n) is 12.3. The van der Waals surface area contributed by atoms with Gasteiger partial charge in [0, 0.05) is 25.1 Å². The Morgan fingerprint density at radius 2 is 2.14 bits per heavy atom. The summed E-state index contributed by atoms with van der Waals surface area (Å²) in [6, 6.07) is 5.62. The molecule has 0 aliphatic rings. The molecule has 2 aromatic rings. The quantitative estimate of drug-likeness (QED) is 0.769. The molecule has 2 aromatic heterocycles. The number of pyridine rings is 2. The van der Waals surface area contributed by atoms with E-state index >= 15 is 0 Å². The molecule has 110 valence electrons. The molecule has 0 aliphatic carbocycles. The van der Waals surface area contributed by atoms with Gasteiger partial charge in [0.15, 0.2) is 0 Å². The van der Waals surface area contributed by atoms with Gasteiger partial charge in [0.25, 0.3) is 5.91 Å². The Morgan fingerprint density at radius 3 is 2.81 bits per heavy atom. The number of carbonyl (C=O) groups is 1. The van der Waals surface area contributed by atoms with Crippen molar-refractivity contribution in [1.29, 1.82) is 0 Å². The van der Waals surface area contributed by atoms with Gasteiger partial charge in [0.1, 0.15) is 0 Å². The summed E-state index contributed by atoms with van der Waals surface area (Å²) in [5, 5.41) is 0. The van der Waals surface area contributed by atoms with E-state index in [1.54, 1.807) is 41.4 Å². The van der Waals surface area contributed by atoms with E-state index in [9.17, 15) is 4.79 Å². The molecule has 0 bridgehead atoms. The molecule has 2 rings (SSSR count). The zero-order valence-corrected chi connectivity index (χ0v) is 13.1. The van der Waals surface area contributed by atoms with Crippen molar-refractivity contribution in [2.75, 3.05) is 23.5 Å². The van der Waals surface area contributed by atoms with Crippen molar-refractivity contribution in [3.63, 3.8) is 0 Å². The van der Waals surface area contributed by atoms with Crippen LogP contribution in [0.2, 0.25) is 0 Å². The summed E-state index contributed by atoms with van der Waals surface area (Å²) in [6.07, 6.45) is 9.82. The minimum atomic E-state index is -0.0275. The maximum absolute atomic E-state index is 12.7. The van der Waals surface area contributed by atoms with Crippen molar-refractivity contribution in [3.05, 3.63) is 54.1 Å². The van der Waals surface area contributed by atoms with Crippen molar-refractivity contribution in [2.24, 2.45) is 0 Å². The smallest absolute Gasteiger partial charge is 0.259 e. The van der Waals surface area contributed by atoms with Crippen molar-refractivity contribution < 1.29 is 4.79 Å². The summed E-state index contributed by atoms with van der Waals surface area (Å²) in [4.78, 5) is 22.7. The summed E-state index contributed by atoms with van der Waals surface area (Å²) in [5.41, 5.74) is 2.42. The van der Waals surface area contributed by atoms with Crippen molar-refractivity contribution >= 4 is 23.4 Å². The molecule has 0 saturated heterocycles. The Labute approximate surface area is 129 Å². The second-order valence-electron chi connectivity index (χ2n) is 4.77. The summed E-state index contributed by atoms with van der Waals surface area (Å²) in [6.45, 7) is 2.62. The fourth-order valence-electron chi connectivity index (χ4n) is 2.06. The van der Waals surface area contributed by atoms with Gasteiger partial charge >= 0.3 is 0 Å². The van der Waals surface area contributed by atoms with Gasteiger partial charge in [-0.25, -0.2) is 0 Å². The van der Waals surface area contributed by atoms with Gasteiger partial charge in [-0.05, 0) is 49.1 Å². The molecule has 0 aliphatic heterocycles. The maximum Gasteiger partial charge on any atom is 0.259 e. The maximum atomic E-state index is 12.7. The zero-order chi connectivity index (χ0) is 15.1. The Hall–Kier alpha value is -1.88. The van der Waals surface area contributed by atoms with Gasteiger partial charge < -0.3 is 4.90 Å². The van der Waals surface area contributed by atoms with Crippen LogP contribution in [0.3, 0.4) is 0 Å². The molecule has 0 atom stereocenters. The lowest BCUT2D eigenvalue weighted by Crippen LogP contribution is -2.32. The van der Waals surface area contributed by atoms with Gasteiger partial charge in [-0.15, -0.1) is 0 Å². The SMILES string of the molecule is CSCCCN(C(=O)c1cncc(C)c1)c1cccnc1. The number of anilines is 1. The van der Waals surface area contributed by atoms with Crippen LogP contribution in [-0.4, -0.2) is 34.4 Å². The third-order valence-corrected chi connectivity index (χ3v) is 3.75. The number of thioether (sulfide) groups is 1. The van der Waals surface area contributed by atoms with E-state index < -0.39 is 0 Å². The van der Waals surface area contributed by atoms with Crippen LogP contribution in [0, 0.1) is 6.92 Å². The third-order valence-electron chi connectivity index (χ3n) is 3.05. The van der Waals surface area contributed by atoms with E-state index in [1.165, 1.54) is 0 Å². The molecule has 0 saturated carbocycles. The molecule has 5 heteroatoms. The van der Waals surface area contributed by atoms with E-state index in [2.05, 4.69) is 16.2 Å². The van der Waals surface area contributed by atoms with Crippen LogP contribution < -0.4 is 4.90 Å². The molecule has 1 amide bonds. The molecule has 0 aromatic carbocycles. The minimum Gasteiger partial charge on any atom is -0.307 e. The van der Waals surface area contributed by atoms with Crippen LogP contribution in [-0.2, 0) is 0 Å². The standard InChI is InChI=1S/C16H19N3OS/c1-13-9-14(11-18-10-13)16(20)19(7-4-8-21-2)15-5-3-6-17-12-15/h3,5-6,9-12H,4,7-8H2,1-2H3. The van der Waals surface area contributed by atoms with Gasteiger partial charge in [-0.3, -0.25) is 14.8 Å². The lowest BCUT2D eigenvalue weighted by molar-refractivity contribution is 0.0986. The Bertz CT molecular complexity index is 589. The first kappa shape index (κ1) is 15.5. The lowest BCUT2D eigenvalue weighted by Gasteiger charge is -2.22. The molecular weight excluding hydrogens is 282 g/mol. The number of aromatic nitrogens is 2. The highest BCUT2D eigenvalue weighted by Gasteiger charge is 2.17. The van der Waals surface area contributed by atoms with Crippen LogP contribution in [0.4, 0.5) is 5.69 Å². The number of rotatable bonds is 6. The summed E-state index contributed by atoms with van der Waals surface area (Å²) in [7, 11) is 0. The van der Waals surface area contributed by atoms with Crippen LogP contribution >= 0.6 is 11.8 Å². The highest BCUT2D eigenvalue weighted by atomic mass is 32.2. The molecular formula is C16H19N3OS. The average molecular weight is 301 g/mol. The second-order valence-corrected chi connectivity index (χ2v) is 5.75. The number of hydrogen-bond donors (Lipinski definition) is 0. The number of aryl methyl sites for hydroxylation is 1. The van der Waals surface area contributed by atoms with Crippen LogP contribution in [0.15, 0.2) is 43.0 Å². The Morgan fingerprint density at radius 1 is 1.29 bits per heavy atom. The van der Waals surface area contributed by atoms with Gasteiger partial charge in [0.05, 0.1) is 17.4 Å². The summed E-state index contributed by atoms with van der Waals surface area (Å²) >= 11 is 1.78. The predicted molar refractivity (Wildman–Crippen MR) is 87.9 cm³/mol. The fourth-order valence-corrected chi connectivity index (χ4v) is 2.47. The van der Waals surface area contributed by atoms with Crippen LogP contribution in [0.1, 0.15) is 22.3 Å². The topological polar surface area (TPSA) is 46.1 Å². The Kier molecular flexibility index (Phi) is 5.75. The van der Waals surface area contributed by atoms with E-state index in [0.29, 0.717) is 12.1 Å². The molecule has 2 heterocycles. The molecule has 4 nitrogen and oxygen atoms in total. The van der Waals surface area contributed by atoms with Crippen molar-refractivity contribution in [3.8, 4) is 0 Å². The molecule has 0 spiro atoms. The van der Waals surface area contributed by atoms with E-state index in [4.69, 9.17) is 0 Å². The normalized spacial score (nSPS) is 10.4. The monoisotopic (exact) mass is 301 g/mol. The summed E-state index contributed by atoms with van der Waals surface area (Å²) < 4.78 is 0. The first-order chi connectivity index (χ1) is 10.2. The number of carbonyl (C=O) groups excluding carboxylic acids is 1. The van der Waals surface area contributed by atoms with Crippen molar-refractivity contribution in [2.45, 2.75) is 13.3 Å². The molecule has 0 fully saturated rings. The van der Waals surface area contributed by atoms with Crippen LogP contribution in [0.25, 0.3) is 0 Å². The molecule has 0 unspecified atom stereocenters. The minimum absolute atomic E-state index is 0.0275. The van der Waals surface area contributed by atoms with E-state index in [0.717, 1.165) is 23.4 Å². The van der Waals surface area contributed by atoms with E-state index in [-0.39, 0.29) is 5.91 Å². The second kappa shape index (κ2) is 7.78. The predicted octanol–water partition coefficient (Wildman–Crippen LogP) is 3.18.